The van der Waals surface area contributed by atoms with Crippen molar-refractivity contribution in [3.63, 3.8) is 0 Å². The molecular formula is C13H18BrNO. The number of rotatable bonds is 6. The molecule has 2 rings (SSSR count). The molecular weight excluding hydrogens is 266 g/mol. The van der Waals surface area contributed by atoms with Crippen molar-refractivity contribution in [1.82, 2.24) is 5.32 Å². The summed E-state index contributed by atoms with van der Waals surface area (Å²) in [5.74, 6) is 0. The van der Waals surface area contributed by atoms with E-state index in [1.54, 1.807) is 0 Å². The molecule has 3 heteroatoms. The van der Waals surface area contributed by atoms with Crippen LogP contribution in [0.3, 0.4) is 0 Å². The highest BCUT2D eigenvalue weighted by molar-refractivity contribution is 9.10. The van der Waals surface area contributed by atoms with Crippen LogP contribution in [0.2, 0.25) is 0 Å². The maximum atomic E-state index is 8.96. The maximum absolute atomic E-state index is 8.96. The number of nitrogens with one attached hydrogen (secondary N) is 1. The largest absolute Gasteiger partial charge is 0.396 e. The standard InChI is InChI=1S/C13H18BrNO/c14-12-3-1-2-11(8-12)9-15-10-13(4-5-13)6-7-16/h1-3,8,15-16H,4-7,9-10H2. The van der Waals surface area contributed by atoms with Crippen molar-refractivity contribution in [3.05, 3.63) is 34.3 Å². The fourth-order valence-corrected chi connectivity index (χ4v) is 2.49. The van der Waals surface area contributed by atoms with Crippen LogP contribution >= 0.6 is 15.9 Å². The maximum Gasteiger partial charge on any atom is 0.0436 e. The number of hydrogen-bond donors (Lipinski definition) is 2. The van der Waals surface area contributed by atoms with Crippen molar-refractivity contribution < 1.29 is 5.11 Å². The minimum atomic E-state index is 0.318. The summed E-state index contributed by atoms with van der Waals surface area (Å²) in [6, 6.07) is 8.36. The number of benzene rings is 1. The highest BCUT2D eigenvalue weighted by Crippen LogP contribution is 2.47. The highest BCUT2D eigenvalue weighted by atomic mass is 79.9. The van der Waals surface area contributed by atoms with Gasteiger partial charge in [-0.2, -0.15) is 0 Å². The molecule has 0 amide bonds. The fraction of sp³-hybridized carbons (Fsp3) is 0.538. The first kappa shape index (κ1) is 12.1. The predicted octanol–water partition coefficient (Wildman–Crippen LogP) is 2.70. The van der Waals surface area contributed by atoms with Crippen LogP contribution in [-0.4, -0.2) is 18.3 Å². The molecule has 1 aliphatic rings. The smallest absolute Gasteiger partial charge is 0.0436 e. The van der Waals surface area contributed by atoms with Crippen LogP contribution in [0.15, 0.2) is 28.7 Å². The van der Waals surface area contributed by atoms with E-state index in [2.05, 4.69) is 39.4 Å². The molecule has 0 heterocycles. The normalized spacial score (nSPS) is 17.4. The van der Waals surface area contributed by atoms with Gasteiger partial charge in [-0.3, -0.25) is 0 Å². The van der Waals surface area contributed by atoms with Gasteiger partial charge in [0.2, 0.25) is 0 Å². The quantitative estimate of drug-likeness (QED) is 0.842. The zero-order valence-corrected chi connectivity index (χ0v) is 11.0. The first-order chi connectivity index (χ1) is 7.74. The number of hydrogen-bond acceptors (Lipinski definition) is 2. The summed E-state index contributed by atoms with van der Waals surface area (Å²) in [5, 5.41) is 12.4. The van der Waals surface area contributed by atoms with Gasteiger partial charge in [0.1, 0.15) is 0 Å². The molecule has 1 aliphatic carbocycles. The zero-order valence-electron chi connectivity index (χ0n) is 9.38. The molecule has 0 unspecified atom stereocenters. The molecule has 2 nitrogen and oxygen atoms in total. The number of aliphatic hydroxyl groups is 1. The SMILES string of the molecule is OCCC1(CNCc2cccc(Br)c2)CC1. The van der Waals surface area contributed by atoms with E-state index in [4.69, 9.17) is 5.11 Å². The molecule has 1 saturated carbocycles. The van der Waals surface area contributed by atoms with Gasteiger partial charge >= 0.3 is 0 Å². The van der Waals surface area contributed by atoms with Crippen molar-refractivity contribution in [2.45, 2.75) is 25.8 Å². The first-order valence-electron chi connectivity index (χ1n) is 5.80. The van der Waals surface area contributed by atoms with Gasteiger partial charge in [0.05, 0.1) is 0 Å². The van der Waals surface area contributed by atoms with Gasteiger partial charge in [0.15, 0.2) is 0 Å². The van der Waals surface area contributed by atoms with Gasteiger partial charge in [0.25, 0.3) is 0 Å². The lowest BCUT2D eigenvalue weighted by atomic mass is 10.0. The summed E-state index contributed by atoms with van der Waals surface area (Å²) >= 11 is 3.47. The third-order valence-corrected chi connectivity index (χ3v) is 3.81. The van der Waals surface area contributed by atoms with Crippen LogP contribution in [-0.2, 0) is 6.54 Å². The van der Waals surface area contributed by atoms with Gasteiger partial charge in [-0.25, -0.2) is 0 Å². The molecule has 88 valence electrons. The molecule has 0 atom stereocenters. The molecule has 1 aromatic rings. The second-order valence-electron chi connectivity index (χ2n) is 4.71. The minimum absolute atomic E-state index is 0.318. The van der Waals surface area contributed by atoms with Crippen molar-refractivity contribution in [2.24, 2.45) is 5.41 Å². The van der Waals surface area contributed by atoms with E-state index in [0.717, 1.165) is 24.0 Å². The summed E-state index contributed by atoms with van der Waals surface area (Å²) in [6.07, 6.45) is 3.47. The van der Waals surface area contributed by atoms with E-state index in [1.807, 2.05) is 6.07 Å². The van der Waals surface area contributed by atoms with Crippen LogP contribution < -0.4 is 5.32 Å². The molecule has 0 aliphatic heterocycles. The molecule has 0 spiro atoms. The van der Waals surface area contributed by atoms with Crippen molar-refractivity contribution in [1.29, 1.82) is 0 Å². The van der Waals surface area contributed by atoms with Crippen molar-refractivity contribution >= 4 is 15.9 Å². The fourth-order valence-electron chi connectivity index (χ4n) is 2.05. The topological polar surface area (TPSA) is 32.3 Å². The number of aliphatic hydroxyl groups excluding tert-OH is 1. The second kappa shape index (κ2) is 5.30. The Balaban J connectivity index is 1.76. The molecule has 16 heavy (non-hydrogen) atoms. The molecule has 0 bridgehead atoms. The molecule has 2 N–H and O–H groups in total. The van der Waals surface area contributed by atoms with E-state index < -0.39 is 0 Å². The summed E-state index contributed by atoms with van der Waals surface area (Å²) < 4.78 is 1.13. The Morgan fingerprint density at radius 1 is 1.38 bits per heavy atom. The van der Waals surface area contributed by atoms with Gasteiger partial charge in [-0.1, -0.05) is 28.1 Å². The Morgan fingerprint density at radius 2 is 2.19 bits per heavy atom. The summed E-state index contributed by atoms with van der Waals surface area (Å²) in [4.78, 5) is 0. The van der Waals surface area contributed by atoms with E-state index in [9.17, 15) is 0 Å². The van der Waals surface area contributed by atoms with Gasteiger partial charge < -0.3 is 10.4 Å². The average molecular weight is 284 g/mol. The Hall–Kier alpha value is -0.380. The van der Waals surface area contributed by atoms with Crippen LogP contribution in [0, 0.1) is 5.41 Å². The predicted molar refractivity (Wildman–Crippen MR) is 69.2 cm³/mol. The molecule has 0 saturated heterocycles. The lowest BCUT2D eigenvalue weighted by Gasteiger charge is -2.14. The van der Waals surface area contributed by atoms with Crippen LogP contribution in [0.4, 0.5) is 0 Å². The summed E-state index contributed by atoms with van der Waals surface area (Å²) in [6.45, 7) is 2.26. The Bertz CT molecular complexity index is 350. The minimum Gasteiger partial charge on any atom is -0.396 e. The van der Waals surface area contributed by atoms with E-state index >= 15 is 0 Å². The van der Waals surface area contributed by atoms with Crippen molar-refractivity contribution in [3.8, 4) is 0 Å². The van der Waals surface area contributed by atoms with Crippen molar-refractivity contribution in [2.75, 3.05) is 13.2 Å². The Kier molecular flexibility index (Phi) is 4.00. The number of halogens is 1. The Labute approximate surface area is 105 Å². The van der Waals surface area contributed by atoms with Crippen LogP contribution in [0.25, 0.3) is 0 Å². The van der Waals surface area contributed by atoms with Gasteiger partial charge in [-0.05, 0) is 42.4 Å². The molecule has 0 aromatic heterocycles. The summed E-state index contributed by atoms with van der Waals surface area (Å²) in [7, 11) is 0. The molecule has 1 fully saturated rings. The highest BCUT2D eigenvalue weighted by Gasteiger charge is 2.41. The van der Waals surface area contributed by atoms with Gasteiger partial charge in [0, 0.05) is 24.2 Å². The second-order valence-corrected chi connectivity index (χ2v) is 5.62. The van der Waals surface area contributed by atoms with E-state index in [1.165, 1.54) is 18.4 Å². The van der Waals surface area contributed by atoms with E-state index in [-0.39, 0.29) is 0 Å². The van der Waals surface area contributed by atoms with Crippen LogP contribution in [0.1, 0.15) is 24.8 Å². The third kappa shape index (κ3) is 3.30. The Morgan fingerprint density at radius 3 is 2.81 bits per heavy atom. The van der Waals surface area contributed by atoms with E-state index in [0.29, 0.717) is 12.0 Å². The molecule has 0 radical (unpaired) electrons. The molecule has 1 aromatic carbocycles. The third-order valence-electron chi connectivity index (χ3n) is 3.32. The lowest BCUT2D eigenvalue weighted by Crippen LogP contribution is -2.24. The summed E-state index contributed by atoms with van der Waals surface area (Å²) in [5.41, 5.74) is 1.70. The van der Waals surface area contributed by atoms with Crippen LogP contribution in [0.5, 0.6) is 0 Å². The average Bonchev–Trinajstić information content (AvgIpc) is 2.99. The first-order valence-corrected chi connectivity index (χ1v) is 6.59. The van der Waals surface area contributed by atoms with Gasteiger partial charge in [-0.15, -0.1) is 0 Å². The monoisotopic (exact) mass is 283 g/mol. The zero-order chi connectivity index (χ0) is 11.4. The lowest BCUT2D eigenvalue weighted by molar-refractivity contribution is 0.245.